The van der Waals surface area contributed by atoms with Crippen LogP contribution in [0.5, 0.6) is 0 Å². The highest BCUT2D eigenvalue weighted by Crippen LogP contribution is 2.18. The van der Waals surface area contributed by atoms with Crippen LogP contribution in [0.4, 0.5) is 5.95 Å². The van der Waals surface area contributed by atoms with Gasteiger partial charge < -0.3 is 14.8 Å². The molecule has 0 saturated carbocycles. The van der Waals surface area contributed by atoms with E-state index >= 15 is 0 Å². The van der Waals surface area contributed by atoms with E-state index in [1.807, 2.05) is 24.5 Å². The molecule has 25 heavy (non-hydrogen) atoms. The molecule has 0 amide bonds. The number of aryl methyl sites for hydroxylation is 1. The summed E-state index contributed by atoms with van der Waals surface area (Å²) < 4.78 is 2.30. The van der Waals surface area contributed by atoms with Crippen LogP contribution < -0.4 is 10.2 Å². The van der Waals surface area contributed by atoms with Crippen molar-refractivity contribution in [1.82, 2.24) is 24.8 Å². The van der Waals surface area contributed by atoms with Crippen LogP contribution in [-0.2, 0) is 13.1 Å². The zero-order valence-electron chi connectivity index (χ0n) is 14.6. The van der Waals surface area contributed by atoms with Crippen LogP contribution in [0.1, 0.15) is 25.6 Å². The summed E-state index contributed by atoms with van der Waals surface area (Å²) in [5.41, 5.74) is 2.30. The van der Waals surface area contributed by atoms with Gasteiger partial charge >= 0.3 is 0 Å². The highest BCUT2D eigenvalue weighted by Gasteiger charge is 2.21. The number of rotatable bonds is 5. The molecule has 130 valence electrons. The molecule has 3 heterocycles. The number of aromatic nitrogens is 4. The lowest BCUT2D eigenvalue weighted by Gasteiger charge is -2.32. The second-order valence-electron chi connectivity index (χ2n) is 6.45. The Morgan fingerprint density at radius 3 is 2.60 bits per heavy atom. The van der Waals surface area contributed by atoms with Gasteiger partial charge in [-0.25, -0.2) is 15.0 Å². The van der Waals surface area contributed by atoms with Crippen molar-refractivity contribution in [3.8, 4) is 0 Å². The van der Waals surface area contributed by atoms with Crippen molar-refractivity contribution in [2.75, 3.05) is 18.0 Å². The normalized spacial score (nSPS) is 15.8. The number of benzene rings is 1. The molecule has 1 fully saturated rings. The molecule has 1 aliphatic heterocycles. The Morgan fingerprint density at radius 1 is 1.08 bits per heavy atom. The highest BCUT2D eigenvalue weighted by molar-refractivity contribution is 5.75. The van der Waals surface area contributed by atoms with Crippen molar-refractivity contribution >= 4 is 17.0 Å². The molecule has 1 aromatic carbocycles. The first-order valence-electron chi connectivity index (χ1n) is 9.04. The summed E-state index contributed by atoms with van der Waals surface area (Å²) >= 11 is 0. The Kier molecular flexibility index (Phi) is 4.61. The summed E-state index contributed by atoms with van der Waals surface area (Å²) in [5, 5.41) is 3.69. The van der Waals surface area contributed by atoms with Gasteiger partial charge in [-0.1, -0.05) is 12.1 Å². The van der Waals surface area contributed by atoms with E-state index in [0.29, 0.717) is 6.04 Å². The van der Waals surface area contributed by atoms with Gasteiger partial charge in [-0.05, 0) is 38.0 Å². The molecule has 1 N–H and O–H groups in total. The van der Waals surface area contributed by atoms with E-state index in [0.717, 1.165) is 56.3 Å². The van der Waals surface area contributed by atoms with E-state index in [1.54, 1.807) is 0 Å². The summed E-state index contributed by atoms with van der Waals surface area (Å²) in [7, 11) is 0. The number of imidazole rings is 1. The molecule has 6 heteroatoms. The lowest BCUT2D eigenvalue weighted by molar-refractivity contribution is 0.404. The van der Waals surface area contributed by atoms with Crippen LogP contribution in [0.2, 0.25) is 0 Å². The molecule has 0 spiro atoms. The second-order valence-corrected chi connectivity index (χ2v) is 6.45. The predicted molar refractivity (Wildman–Crippen MR) is 99.5 cm³/mol. The summed E-state index contributed by atoms with van der Waals surface area (Å²) in [4.78, 5) is 15.8. The number of piperidine rings is 1. The van der Waals surface area contributed by atoms with Gasteiger partial charge in [-0.3, -0.25) is 0 Å². The van der Waals surface area contributed by atoms with Gasteiger partial charge in [0.05, 0.1) is 17.6 Å². The number of para-hydroxylation sites is 2. The predicted octanol–water partition coefficient (Wildman–Crippen LogP) is 2.60. The van der Waals surface area contributed by atoms with Crippen LogP contribution in [-0.4, -0.2) is 38.7 Å². The third-order valence-electron chi connectivity index (χ3n) is 4.93. The average Bonchev–Trinajstić information content (AvgIpc) is 3.05. The quantitative estimate of drug-likeness (QED) is 0.776. The standard InChI is InChI=1S/C19H24N6/c1-2-25-17-7-4-3-6-16(17)23-18(25)14-22-15-8-12-24(13-9-15)19-20-10-5-11-21-19/h3-7,10-11,15,22H,2,8-9,12-14H2,1H3. The van der Waals surface area contributed by atoms with Gasteiger partial charge in [0, 0.05) is 38.1 Å². The third kappa shape index (κ3) is 3.35. The van der Waals surface area contributed by atoms with Crippen LogP contribution in [0.3, 0.4) is 0 Å². The molecule has 0 aliphatic carbocycles. The average molecular weight is 336 g/mol. The minimum atomic E-state index is 0.519. The smallest absolute Gasteiger partial charge is 0.225 e. The number of fused-ring (bicyclic) bond motifs is 1. The summed E-state index contributed by atoms with van der Waals surface area (Å²) in [5.74, 6) is 1.96. The van der Waals surface area contributed by atoms with Crippen molar-refractivity contribution < 1.29 is 0 Å². The van der Waals surface area contributed by atoms with Crippen molar-refractivity contribution in [1.29, 1.82) is 0 Å². The Morgan fingerprint density at radius 2 is 1.84 bits per heavy atom. The van der Waals surface area contributed by atoms with Gasteiger partial charge in [0.15, 0.2) is 0 Å². The molecule has 1 saturated heterocycles. The Bertz CT molecular complexity index is 820. The topological polar surface area (TPSA) is 58.9 Å². The maximum Gasteiger partial charge on any atom is 0.225 e. The number of nitrogens with zero attached hydrogens (tertiary/aromatic N) is 5. The Hall–Kier alpha value is -2.47. The van der Waals surface area contributed by atoms with Crippen molar-refractivity contribution in [3.63, 3.8) is 0 Å². The zero-order chi connectivity index (χ0) is 17.1. The molecule has 0 radical (unpaired) electrons. The van der Waals surface area contributed by atoms with E-state index < -0.39 is 0 Å². The van der Waals surface area contributed by atoms with Crippen molar-refractivity contribution in [2.45, 2.75) is 38.9 Å². The first-order valence-corrected chi connectivity index (χ1v) is 9.04. The minimum absolute atomic E-state index is 0.519. The van der Waals surface area contributed by atoms with E-state index in [-0.39, 0.29) is 0 Å². The van der Waals surface area contributed by atoms with E-state index in [1.165, 1.54) is 5.52 Å². The molecule has 4 rings (SSSR count). The molecular weight excluding hydrogens is 312 g/mol. The molecule has 2 aromatic heterocycles. The maximum absolute atomic E-state index is 4.80. The second kappa shape index (κ2) is 7.19. The van der Waals surface area contributed by atoms with Crippen molar-refractivity contribution in [2.24, 2.45) is 0 Å². The van der Waals surface area contributed by atoms with E-state index in [2.05, 4.69) is 49.9 Å². The monoisotopic (exact) mass is 336 g/mol. The highest BCUT2D eigenvalue weighted by atomic mass is 15.3. The van der Waals surface area contributed by atoms with Crippen LogP contribution in [0.15, 0.2) is 42.7 Å². The zero-order valence-corrected chi connectivity index (χ0v) is 14.6. The van der Waals surface area contributed by atoms with Gasteiger partial charge in [0.25, 0.3) is 0 Å². The van der Waals surface area contributed by atoms with Crippen molar-refractivity contribution in [3.05, 3.63) is 48.5 Å². The lowest BCUT2D eigenvalue weighted by Crippen LogP contribution is -2.43. The number of hydrogen-bond donors (Lipinski definition) is 1. The van der Waals surface area contributed by atoms with Crippen LogP contribution >= 0.6 is 0 Å². The third-order valence-corrected chi connectivity index (χ3v) is 4.93. The Labute approximate surface area is 147 Å². The number of hydrogen-bond acceptors (Lipinski definition) is 5. The van der Waals surface area contributed by atoms with Gasteiger partial charge in [0.1, 0.15) is 5.82 Å². The SMILES string of the molecule is CCn1c(CNC2CCN(c3ncccn3)CC2)nc2ccccc21. The fourth-order valence-corrected chi connectivity index (χ4v) is 3.59. The van der Waals surface area contributed by atoms with Gasteiger partial charge in [-0.2, -0.15) is 0 Å². The molecule has 0 bridgehead atoms. The molecule has 0 atom stereocenters. The van der Waals surface area contributed by atoms with E-state index in [4.69, 9.17) is 4.98 Å². The summed E-state index contributed by atoms with van der Waals surface area (Å²) in [6.45, 7) is 5.92. The summed E-state index contributed by atoms with van der Waals surface area (Å²) in [6.07, 6.45) is 5.82. The number of nitrogens with one attached hydrogen (secondary N) is 1. The molecule has 1 aliphatic rings. The largest absolute Gasteiger partial charge is 0.341 e. The van der Waals surface area contributed by atoms with Crippen LogP contribution in [0, 0.1) is 0 Å². The lowest BCUT2D eigenvalue weighted by atomic mass is 10.1. The minimum Gasteiger partial charge on any atom is -0.341 e. The fourth-order valence-electron chi connectivity index (χ4n) is 3.59. The fraction of sp³-hybridized carbons (Fsp3) is 0.421. The molecular formula is C19H24N6. The van der Waals surface area contributed by atoms with Crippen LogP contribution in [0.25, 0.3) is 11.0 Å². The summed E-state index contributed by atoms with van der Waals surface area (Å²) in [6, 6.07) is 10.7. The molecule has 0 unspecified atom stereocenters. The molecule has 3 aromatic rings. The maximum atomic E-state index is 4.80. The molecule has 6 nitrogen and oxygen atoms in total. The first-order chi connectivity index (χ1) is 12.3. The number of anilines is 1. The Balaban J connectivity index is 1.37. The van der Waals surface area contributed by atoms with Gasteiger partial charge in [0.2, 0.25) is 5.95 Å². The first kappa shape index (κ1) is 16.0. The van der Waals surface area contributed by atoms with Gasteiger partial charge in [-0.15, -0.1) is 0 Å². The van der Waals surface area contributed by atoms with E-state index in [9.17, 15) is 0 Å².